The van der Waals surface area contributed by atoms with E-state index in [4.69, 9.17) is 4.74 Å². The fourth-order valence-electron chi connectivity index (χ4n) is 1.58. The number of ether oxygens (including phenoxy) is 1. The molecule has 1 saturated heterocycles. The SMILES string of the molecule is CCC1(C)C=CC(OCN2CCC2)=CN1.Cl. The van der Waals surface area contributed by atoms with Crippen LogP contribution in [0.5, 0.6) is 0 Å². The molecule has 1 unspecified atom stereocenters. The minimum Gasteiger partial charge on any atom is -0.477 e. The van der Waals surface area contributed by atoms with Crippen LogP contribution in [0.3, 0.4) is 0 Å². The molecule has 1 fully saturated rings. The van der Waals surface area contributed by atoms with E-state index in [0.717, 1.165) is 18.9 Å². The summed E-state index contributed by atoms with van der Waals surface area (Å²) < 4.78 is 5.66. The molecular formula is C12H21ClN2O. The number of hydrogen-bond acceptors (Lipinski definition) is 3. The average molecular weight is 245 g/mol. The van der Waals surface area contributed by atoms with Crippen molar-refractivity contribution in [1.29, 1.82) is 0 Å². The molecule has 0 radical (unpaired) electrons. The molecule has 0 spiro atoms. The van der Waals surface area contributed by atoms with E-state index in [1.165, 1.54) is 19.5 Å². The third-order valence-corrected chi connectivity index (χ3v) is 3.26. The van der Waals surface area contributed by atoms with Crippen molar-refractivity contribution in [2.75, 3.05) is 19.8 Å². The Morgan fingerprint density at radius 1 is 1.50 bits per heavy atom. The number of nitrogens with zero attached hydrogens (tertiary/aromatic N) is 1. The Balaban J connectivity index is 0.00000128. The Kier molecular flexibility index (Phi) is 4.69. The van der Waals surface area contributed by atoms with Crippen LogP contribution in [0.4, 0.5) is 0 Å². The van der Waals surface area contributed by atoms with Crippen molar-refractivity contribution < 1.29 is 4.74 Å². The van der Waals surface area contributed by atoms with Crippen molar-refractivity contribution in [3.63, 3.8) is 0 Å². The molecule has 0 amide bonds. The minimum absolute atomic E-state index is 0. The summed E-state index contributed by atoms with van der Waals surface area (Å²) in [6.07, 6.45) is 8.62. The Morgan fingerprint density at radius 2 is 2.25 bits per heavy atom. The third kappa shape index (κ3) is 3.16. The maximum atomic E-state index is 5.66. The van der Waals surface area contributed by atoms with Gasteiger partial charge in [-0.2, -0.15) is 0 Å². The minimum atomic E-state index is 0. The molecule has 4 heteroatoms. The first kappa shape index (κ1) is 13.4. The predicted molar refractivity (Wildman–Crippen MR) is 68.4 cm³/mol. The molecule has 0 aliphatic carbocycles. The van der Waals surface area contributed by atoms with Crippen LogP contribution < -0.4 is 5.32 Å². The lowest BCUT2D eigenvalue weighted by molar-refractivity contribution is 0.0352. The smallest absolute Gasteiger partial charge is 0.142 e. The van der Waals surface area contributed by atoms with Gasteiger partial charge in [0.25, 0.3) is 0 Å². The topological polar surface area (TPSA) is 24.5 Å². The zero-order chi connectivity index (χ0) is 10.7. The van der Waals surface area contributed by atoms with Crippen LogP contribution >= 0.6 is 12.4 Å². The maximum Gasteiger partial charge on any atom is 0.142 e. The second-order valence-corrected chi connectivity index (χ2v) is 4.54. The molecule has 0 aromatic heterocycles. The molecule has 0 aromatic rings. The second kappa shape index (κ2) is 5.60. The number of rotatable bonds is 4. The van der Waals surface area contributed by atoms with Crippen molar-refractivity contribution in [2.45, 2.75) is 32.2 Å². The highest BCUT2D eigenvalue weighted by Crippen LogP contribution is 2.18. The second-order valence-electron chi connectivity index (χ2n) is 4.54. The van der Waals surface area contributed by atoms with Gasteiger partial charge < -0.3 is 10.1 Å². The summed E-state index contributed by atoms with van der Waals surface area (Å²) in [5.41, 5.74) is 0.101. The summed E-state index contributed by atoms with van der Waals surface area (Å²) in [6.45, 7) is 7.44. The lowest BCUT2D eigenvalue weighted by Gasteiger charge is -2.32. The van der Waals surface area contributed by atoms with E-state index in [9.17, 15) is 0 Å². The highest BCUT2D eigenvalue weighted by atomic mass is 35.5. The van der Waals surface area contributed by atoms with Crippen molar-refractivity contribution in [3.05, 3.63) is 24.1 Å². The summed E-state index contributed by atoms with van der Waals surface area (Å²) in [7, 11) is 0. The Hall–Kier alpha value is -0.670. The number of allylic oxidation sites excluding steroid dienone is 1. The van der Waals surface area contributed by atoms with Gasteiger partial charge in [-0.1, -0.05) is 13.0 Å². The molecule has 3 nitrogen and oxygen atoms in total. The molecule has 2 heterocycles. The van der Waals surface area contributed by atoms with Gasteiger partial charge in [-0.05, 0) is 25.8 Å². The molecule has 0 aromatic carbocycles. The zero-order valence-electron chi connectivity index (χ0n) is 10.0. The van der Waals surface area contributed by atoms with E-state index in [2.05, 4.69) is 36.2 Å². The van der Waals surface area contributed by atoms with E-state index in [-0.39, 0.29) is 17.9 Å². The molecule has 1 atom stereocenters. The number of dihydropyridines is 1. The van der Waals surface area contributed by atoms with Gasteiger partial charge in [0.05, 0.1) is 5.54 Å². The number of nitrogens with one attached hydrogen (secondary N) is 1. The van der Waals surface area contributed by atoms with Crippen LogP contribution in [-0.2, 0) is 4.74 Å². The van der Waals surface area contributed by atoms with Gasteiger partial charge in [0.1, 0.15) is 12.5 Å². The predicted octanol–water partition coefficient (Wildman–Crippen LogP) is 2.26. The van der Waals surface area contributed by atoms with E-state index in [0.29, 0.717) is 0 Å². The van der Waals surface area contributed by atoms with Gasteiger partial charge in [0, 0.05) is 19.3 Å². The van der Waals surface area contributed by atoms with Crippen LogP contribution in [0.2, 0.25) is 0 Å². The fourth-order valence-corrected chi connectivity index (χ4v) is 1.58. The molecule has 0 bridgehead atoms. The average Bonchev–Trinajstić information content (AvgIpc) is 2.19. The van der Waals surface area contributed by atoms with Crippen LogP contribution in [-0.4, -0.2) is 30.3 Å². The van der Waals surface area contributed by atoms with Gasteiger partial charge in [0.15, 0.2) is 0 Å². The number of halogens is 1. The van der Waals surface area contributed by atoms with E-state index >= 15 is 0 Å². The molecule has 2 aliphatic rings. The standard InChI is InChI=1S/C12H20N2O.ClH/c1-3-12(2)6-5-11(9-13-12)15-10-14-7-4-8-14;/h5-6,9,13H,3-4,7-8,10H2,1-2H3;1H. The molecule has 92 valence electrons. The Morgan fingerprint density at radius 3 is 2.69 bits per heavy atom. The first-order valence-corrected chi connectivity index (χ1v) is 5.74. The van der Waals surface area contributed by atoms with Crippen LogP contribution in [0.1, 0.15) is 26.7 Å². The Bertz CT molecular complexity index is 287. The molecule has 0 saturated carbocycles. The molecule has 2 aliphatic heterocycles. The molecular weight excluding hydrogens is 224 g/mol. The first-order valence-electron chi connectivity index (χ1n) is 5.74. The van der Waals surface area contributed by atoms with Gasteiger partial charge in [-0.15, -0.1) is 12.4 Å². The van der Waals surface area contributed by atoms with Crippen LogP contribution in [0.15, 0.2) is 24.1 Å². The summed E-state index contributed by atoms with van der Waals surface area (Å²) in [4.78, 5) is 2.29. The van der Waals surface area contributed by atoms with Crippen LogP contribution in [0.25, 0.3) is 0 Å². The van der Waals surface area contributed by atoms with Crippen molar-refractivity contribution >= 4 is 12.4 Å². The van der Waals surface area contributed by atoms with Gasteiger partial charge in [-0.3, -0.25) is 4.90 Å². The molecule has 2 rings (SSSR count). The van der Waals surface area contributed by atoms with Crippen molar-refractivity contribution in [3.8, 4) is 0 Å². The quantitative estimate of drug-likeness (QED) is 0.821. The van der Waals surface area contributed by atoms with Gasteiger partial charge in [0.2, 0.25) is 0 Å². The number of likely N-dealkylation sites (tertiary alicyclic amines) is 1. The van der Waals surface area contributed by atoms with E-state index in [1.807, 2.05) is 6.20 Å². The molecule has 1 N–H and O–H groups in total. The highest BCUT2D eigenvalue weighted by Gasteiger charge is 2.20. The summed E-state index contributed by atoms with van der Waals surface area (Å²) >= 11 is 0. The van der Waals surface area contributed by atoms with Gasteiger partial charge in [-0.25, -0.2) is 0 Å². The summed E-state index contributed by atoms with van der Waals surface area (Å²) in [5, 5.41) is 3.36. The van der Waals surface area contributed by atoms with Crippen LogP contribution in [0, 0.1) is 0 Å². The highest BCUT2D eigenvalue weighted by molar-refractivity contribution is 5.85. The first-order chi connectivity index (χ1) is 7.22. The maximum absolute atomic E-state index is 5.66. The Labute approximate surface area is 104 Å². The molecule has 16 heavy (non-hydrogen) atoms. The lowest BCUT2D eigenvalue weighted by atomic mass is 9.97. The fraction of sp³-hybridized carbons (Fsp3) is 0.667. The monoisotopic (exact) mass is 244 g/mol. The van der Waals surface area contributed by atoms with Crippen molar-refractivity contribution in [1.82, 2.24) is 10.2 Å². The zero-order valence-corrected chi connectivity index (χ0v) is 10.8. The van der Waals surface area contributed by atoms with Gasteiger partial charge >= 0.3 is 0 Å². The summed E-state index contributed by atoms with van der Waals surface area (Å²) in [5.74, 6) is 0.938. The third-order valence-electron chi connectivity index (χ3n) is 3.26. The summed E-state index contributed by atoms with van der Waals surface area (Å²) in [6, 6.07) is 0. The largest absolute Gasteiger partial charge is 0.477 e. The normalized spacial score (nSPS) is 28.5. The van der Waals surface area contributed by atoms with E-state index in [1.54, 1.807) is 0 Å². The van der Waals surface area contributed by atoms with Crippen molar-refractivity contribution in [2.24, 2.45) is 0 Å². The lowest BCUT2D eigenvalue weighted by Crippen LogP contribution is -2.40. The number of hydrogen-bond donors (Lipinski definition) is 1. The van der Waals surface area contributed by atoms with E-state index < -0.39 is 0 Å².